The summed E-state index contributed by atoms with van der Waals surface area (Å²) in [7, 11) is -9.84. The van der Waals surface area contributed by atoms with Crippen LogP contribution in [-0.2, 0) is 20.2 Å². The summed E-state index contributed by atoms with van der Waals surface area (Å²) in [4.78, 5) is 28.4. The van der Waals surface area contributed by atoms with Crippen LogP contribution in [0.4, 0.5) is 58.4 Å². The zero-order valence-corrected chi connectivity index (χ0v) is 37.2. The number of hydrogen-bond donors (Lipinski definition) is 10. The molecule has 10 N–H and O–H groups in total. The molecule has 0 amide bonds. The van der Waals surface area contributed by atoms with Crippen molar-refractivity contribution >= 4 is 90.8 Å². The van der Waals surface area contributed by atoms with Gasteiger partial charge in [0.05, 0.1) is 26.4 Å². The summed E-state index contributed by atoms with van der Waals surface area (Å²) in [5.74, 6) is 0.196. The Hall–Kier alpha value is -6.90. The Balaban J connectivity index is 1.31. The zero-order chi connectivity index (χ0) is 47.4. The quantitative estimate of drug-likeness (QED) is 0.0341. The zero-order valence-electron chi connectivity index (χ0n) is 35.6. The number of aryl methyl sites for hydroxylation is 2. The van der Waals surface area contributed by atoms with Gasteiger partial charge >= 0.3 is 0 Å². The second-order valence-electron chi connectivity index (χ2n) is 14.5. The van der Waals surface area contributed by atoms with Gasteiger partial charge < -0.3 is 51.5 Å². The molecule has 0 fully saturated rings. The highest BCUT2D eigenvalue weighted by atomic mass is 32.2. The minimum absolute atomic E-state index is 0.0636. The van der Waals surface area contributed by atoms with Crippen LogP contribution in [0, 0.1) is 13.8 Å². The largest absolute Gasteiger partial charge is 0.395 e. The topological polar surface area (TPSA) is 322 Å². The van der Waals surface area contributed by atoms with E-state index in [1.165, 1.54) is 46.2 Å². The third-order valence-corrected chi connectivity index (χ3v) is 11.3. The third kappa shape index (κ3) is 13.3. The minimum Gasteiger partial charge on any atom is -0.395 e. The van der Waals surface area contributed by atoms with Crippen LogP contribution in [0.2, 0.25) is 0 Å². The number of aliphatic hydroxyl groups excluding tert-OH is 4. The summed E-state index contributed by atoms with van der Waals surface area (Å²) < 4.78 is 71.7. The van der Waals surface area contributed by atoms with E-state index < -0.39 is 30.0 Å². The molecule has 2 aromatic heterocycles. The standard InChI is InChI=1S/C42H48N12O10S2/c1-27-3-11-31(12-4-27)43-37-47-39(51-41(49-37)53(17-21-55)18-22-56)45-33-15-9-29(35(25-33)65(59,60)61)7-8-30-10-16-34(26-36(30)66(62,63)64)46-40-48-38(44-32-13-5-28(2)6-14-32)50-42(52-40)54(19-23-57)20-24-58/h3-16,25-26,55-58H,17-24H2,1-2H3,(H,59,60,61)(H,62,63,64)(H2,43,45,47,49,51)(H2,44,46,48,50,52)/b8-7+. The Morgan fingerprint density at radius 3 is 1.03 bits per heavy atom. The Morgan fingerprint density at radius 2 is 0.742 bits per heavy atom. The fourth-order valence-electron chi connectivity index (χ4n) is 6.26. The van der Waals surface area contributed by atoms with Gasteiger partial charge in [-0.15, -0.1) is 0 Å². The van der Waals surface area contributed by atoms with E-state index in [1.54, 1.807) is 0 Å². The average molecular weight is 945 g/mol. The van der Waals surface area contributed by atoms with Crippen molar-refractivity contribution in [3.05, 3.63) is 107 Å². The van der Waals surface area contributed by atoms with Gasteiger partial charge in [-0.1, -0.05) is 59.7 Å². The molecule has 2 heterocycles. The monoisotopic (exact) mass is 944 g/mol. The van der Waals surface area contributed by atoms with E-state index in [-0.39, 0.29) is 111 Å². The SMILES string of the molecule is Cc1ccc(Nc2nc(Nc3ccc(/C=C/c4ccc(Nc5nc(Nc6ccc(C)cc6)nc(N(CCO)CCO)n5)cc4S(=O)(=O)O)c(S(=O)(=O)O)c3)nc(N(CCO)CCO)n2)cc1. The van der Waals surface area contributed by atoms with Crippen LogP contribution >= 0.6 is 0 Å². The molecule has 0 saturated carbocycles. The molecule has 0 unspecified atom stereocenters. The highest BCUT2D eigenvalue weighted by molar-refractivity contribution is 7.86. The predicted molar refractivity (Wildman–Crippen MR) is 249 cm³/mol. The van der Waals surface area contributed by atoms with Crippen LogP contribution in [0.1, 0.15) is 22.3 Å². The van der Waals surface area contributed by atoms with E-state index in [0.29, 0.717) is 11.4 Å². The number of rotatable bonds is 22. The molecular formula is C42H48N12O10S2. The van der Waals surface area contributed by atoms with E-state index in [9.17, 15) is 46.4 Å². The van der Waals surface area contributed by atoms with Crippen LogP contribution in [0.3, 0.4) is 0 Å². The van der Waals surface area contributed by atoms with Gasteiger partial charge in [-0.2, -0.15) is 46.7 Å². The van der Waals surface area contributed by atoms with Gasteiger partial charge in [0.15, 0.2) is 0 Å². The van der Waals surface area contributed by atoms with Crippen molar-refractivity contribution in [3.8, 4) is 0 Å². The Bertz CT molecular complexity index is 2670. The van der Waals surface area contributed by atoms with Crippen LogP contribution in [0.25, 0.3) is 12.2 Å². The predicted octanol–water partition coefficient (Wildman–Crippen LogP) is 3.89. The Kier molecular flexibility index (Phi) is 16.1. The van der Waals surface area contributed by atoms with Crippen LogP contribution < -0.4 is 31.1 Å². The summed E-state index contributed by atoms with van der Waals surface area (Å²) in [5.41, 5.74) is 3.41. The molecule has 0 aliphatic rings. The number of anilines is 10. The number of nitrogens with one attached hydrogen (secondary N) is 4. The molecule has 0 spiro atoms. The number of benzene rings is 4. The van der Waals surface area contributed by atoms with Gasteiger partial charge in [-0.3, -0.25) is 9.11 Å². The molecule has 24 heteroatoms. The maximum atomic E-state index is 12.8. The molecule has 66 heavy (non-hydrogen) atoms. The van der Waals surface area contributed by atoms with Crippen molar-refractivity contribution in [1.29, 1.82) is 0 Å². The van der Waals surface area contributed by atoms with E-state index in [4.69, 9.17) is 0 Å². The summed E-state index contributed by atoms with van der Waals surface area (Å²) >= 11 is 0. The first-order chi connectivity index (χ1) is 31.5. The fourth-order valence-corrected chi connectivity index (χ4v) is 7.68. The minimum atomic E-state index is -4.92. The van der Waals surface area contributed by atoms with E-state index in [2.05, 4.69) is 51.2 Å². The van der Waals surface area contributed by atoms with Gasteiger partial charge in [0.1, 0.15) is 9.79 Å². The van der Waals surface area contributed by atoms with Crippen LogP contribution in [-0.4, -0.2) is 129 Å². The molecule has 0 aliphatic heterocycles. The van der Waals surface area contributed by atoms with Crippen molar-refractivity contribution in [2.24, 2.45) is 0 Å². The number of nitrogens with zero attached hydrogens (tertiary/aromatic N) is 8. The lowest BCUT2D eigenvalue weighted by atomic mass is 10.1. The summed E-state index contributed by atoms with van der Waals surface area (Å²) in [5, 5.41) is 50.6. The van der Waals surface area contributed by atoms with Gasteiger partial charge in [0, 0.05) is 48.9 Å². The molecular weight excluding hydrogens is 897 g/mol. The van der Waals surface area contributed by atoms with Gasteiger partial charge in [0.2, 0.25) is 35.7 Å². The summed E-state index contributed by atoms with van der Waals surface area (Å²) in [6.07, 6.45) is 2.46. The van der Waals surface area contributed by atoms with Crippen molar-refractivity contribution < 1.29 is 46.4 Å². The molecule has 6 rings (SSSR count). The maximum Gasteiger partial charge on any atom is 0.295 e. The van der Waals surface area contributed by atoms with Crippen molar-refractivity contribution in [3.63, 3.8) is 0 Å². The maximum absolute atomic E-state index is 12.8. The first-order valence-electron chi connectivity index (χ1n) is 20.1. The molecule has 0 aliphatic carbocycles. The van der Waals surface area contributed by atoms with E-state index in [0.717, 1.165) is 23.3 Å². The first kappa shape index (κ1) is 48.6. The highest BCUT2D eigenvalue weighted by Gasteiger charge is 2.21. The molecule has 0 bridgehead atoms. The van der Waals surface area contributed by atoms with Crippen molar-refractivity contribution in [2.75, 3.05) is 83.7 Å². The lowest BCUT2D eigenvalue weighted by Crippen LogP contribution is -2.31. The van der Waals surface area contributed by atoms with E-state index >= 15 is 0 Å². The summed E-state index contributed by atoms with van der Waals surface area (Å²) in [6.45, 7) is 3.05. The molecule has 0 saturated heterocycles. The third-order valence-electron chi connectivity index (χ3n) is 9.45. The normalized spacial score (nSPS) is 11.7. The second kappa shape index (κ2) is 21.9. The lowest BCUT2D eigenvalue weighted by molar-refractivity contribution is 0.279. The average Bonchev–Trinajstić information content (AvgIpc) is 3.27. The molecule has 0 atom stereocenters. The molecule has 22 nitrogen and oxygen atoms in total. The fraction of sp³-hybridized carbons (Fsp3) is 0.238. The number of aliphatic hydroxyl groups is 4. The smallest absolute Gasteiger partial charge is 0.295 e. The molecule has 6 aromatic rings. The van der Waals surface area contributed by atoms with E-state index in [1.807, 2.05) is 62.4 Å². The molecule has 4 aromatic carbocycles. The number of hydrogen-bond acceptors (Lipinski definition) is 20. The second-order valence-corrected chi connectivity index (χ2v) is 17.2. The first-order valence-corrected chi connectivity index (χ1v) is 23.0. The van der Waals surface area contributed by atoms with Crippen LogP contribution in [0.15, 0.2) is 94.7 Å². The molecule has 0 radical (unpaired) electrons. The number of aromatic nitrogens is 6. The van der Waals surface area contributed by atoms with Gasteiger partial charge in [-0.25, -0.2) is 0 Å². The van der Waals surface area contributed by atoms with Gasteiger partial charge in [-0.05, 0) is 73.5 Å². The van der Waals surface area contributed by atoms with Gasteiger partial charge in [0.25, 0.3) is 20.2 Å². The Morgan fingerprint density at radius 1 is 0.455 bits per heavy atom. The Labute approximate surface area is 380 Å². The molecule has 348 valence electrons. The van der Waals surface area contributed by atoms with Crippen molar-refractivity contribution in [1.82, 2.24) is 29.9 Å². The summed E-state index contributed by atoms with van der Waals surface area (Å²) in [6, 6.07) is 22.5. The highest BCUT2D eigenvalue weighted by Crippen LogP contribution is 2.29. The van der Waals surface area contributed by atoms with Crippen LogP contribution in [0.5, 0.6) is 0 Å². The van der Waals surface area contributed by atoms with Crippen molar-refractivity contribution in [2.45, 2.75) is 23.6 Å². The lowest BCUT2D eigenvalue weighted by Gasteiger charge is -2.21.